The third-order valence-corrected chi connectivity index (χ3v) is 20.6. The van der Waals surface area contributed by atoms with Crippen LogP contribution in [0.5, 0.6) is 0 Å². The molecule has 0 saturated heterocycles. The number of carbonyl (C=O) groups is 4. The normalized spacial score (nSPS) is 14.3. The quantitative estimate of drug-likeness (QED) is 0.0222. The summed E-state index contributed by atoms with van der Waals surface area (Å²) in [6.45, 7) is 11.9. The largest absolute Gasteiger partial charge is 0.472 e. The van der Waals surface area contributed by atoms with Gasteiger partial charge < -0.3 is 33.8 Å². The van der Waals surface area contributed by atoms with Crippen LogP contribution in [0.25, 0.3) is 0 Å². The van der Waals surface area contributed by atoms with Crippen molar-refractivity contribution in [3.8, 4) is 0 Å². The van der Waals surface area contributed by atoms with Crippen LogP contribution in [-0.4, -0.2) is 96.7 Å². The van der Waals surface area contributed by atoms with Gasteiger partial charge in [0.15, 0.2) is 12.2 Å². The molecule has 0 radical (unpaired) electrons. The molecule has 0 rings (SSSR count). The van der Waals surface area contributed by atoms with Gasteiger partial charge in [-0.05, 0) is 43.4 Å². The minimum atomic E-state index is -4.96. The Morgan fingerprint density at radius 3 is 0.776 bits per heavy atom. The second-order valence-electron chi connectivity index (χ2n) is 29.6. The fraction of sp³-hybridized carbons (Fsp3) is 0.949. The van der Waals surface area contributed by atoms with Gasteiger partial charge in [-0.25, -0.2) is 9.13 Å². The van der Waals surface area contributed by atoms with Crippen molar-refractivity contribution in [2.45, 2.75) is 426 Å². The fourth-order valence-electron chi connectivity index (χ4n) is 12.1. The zero-order valence-electron chi connectivity index (χ0n) is 64.3. The van der Waals surface area contributed by atoms with E-state index in [1.165, 1.54) is 212 Å². The lowest BCUT2D eigenvalue weighted by Gasteiger charge is -2.21. The molecule has 0 aromatic heterocycles. The average molecular weight is 1440 g/mol. The molecule has 0 aliphatic rings. The third kappa shape index (κ3) is 71.1. The maximum absolute atomic E-state index is 13.1. The van der Waals surface area contributed by atoms with Crippen LogP contribution in [0.4, 0.5) is 0 Å². The van der Waals surface area contributed by atoms with E-state index in [2.05, 4.69) is 48.5 Å². The van der Waals surface area contributed by atoms with Crippen LogP contribution in [0.15, 0.2) is 0 Å². The molecule has 3 unspecified atom stereocenters. The minimum absolute atomic E-state index is 0.106. The van der Waals surface area contributed by atoms with Crippen LogP contribution in [0.2, 0.25) is 0 Å². The Morgan fingerprint density at radius 2 is 0.520 bits per heavy atom. The summed E-state index contributed by atoms with van der Waals surface area (Å²) in [6.07, 6.45) is 56.9. The van der Waals surface area contributed by atoms with Gasteiger partial charge in [-0.1, -0.05) is 357 Å². The van der Waals surface area contributed by atoms with E-state index in [0.717, 1.165) is 114 Å². The topological polar surface area (TPSA) is 237 Å². The minimum Gasteiger partial charge on any atom is -0.462 e. The standard InChI is InChI=1S/C79H154O17P2/c1-8-10-11-12-13-14-15-28-34-39-48-55-62-78(83)96-75(67-90-77(82)61-54-47-42-41-45-52-59-72(7)9-2)69-94-98(87,88)92-65-73(80)64-91-97(85,86)93-68-74(95-79(84)63-56-49-40-35-30-25-21-17-19-23-27-32-37-44-51-58-71(5)6)66-89-76(81)60-53-46-38-33-29-24-20-16-18-22-26-31-36-43-50-57-70(3)4/h70-75,80H,8-69H2,1-7H3,(H,85,86)(H,87,88)/t72?,73-,74-,75-/m1/s1. The summed E-state index contributed by atoms with van der Waals surface area (Å²) in [4.78, 5) is 72.9. The van der Waals surface area contributed by atoms with Crippen molar-refractivity contribution in [3.63, 3.8) is 0 Å². The molecule has 6 atom stereocenters. The summed E-state index contributed by atoms with van der Waals surface area (Å²) in [5.74, 6) is 0.226. The molecule has 98 heavy (non-hydrogen) atoms. The van der Waals surface area contributed by atoms with E-state index in [-0.39, 0.29) is 25.7 Å². The highest BCUT2D eigenvalue weighted by Gasteiger charge is 2.30. The predicted octanol–water partition coefficient (Wildman–Crippen LogP) is 23.4. The zero-order valence-corrected chi connectivity index (χ0v) is 66.0. The highest BCUT2D eigenvalue weighted by atomic mass is 31.2. The molecular formula is C79H154O17P2. The molecule has 19 heteroatoms. The lowest BCUT2D eigenvalue weighted by atomic mass is 10.00. The van der Waals surface area contributed by atoms with Crippen molar-refractivity contribution in [1.29, 1.82) is 0 Å². The van der Waals surface area contributed by atoms with Crippen molar-refractivity contribution in [2.24, 2.45) is 17.8 Å². The van der Waals surface area contributed by atoms with Gasteiger partial charge in [0.25, 0.3) is 0 Å². The van der Waals surface area contributed by atoms with E-state index >= 15 is 0 Å². The molecule has 0 fully saturated rings. The van der Waals surface area contributed by atoms with Crippen LogP contribution in [-0.2, 0) is 65.4 Å². The number of aliphatic hydroxyl groups excluding tert-OH is 1. The first-order chi connectivity index (χ1) is 47.3. The molecular weight excluding hydrogens is 1280 g/mol. The molecule has 3 N–H and O–H groups in total. The summed E-state index contributed by atoms with van der Waals surface area (Å²) in [5.41, 5.74) is 0. The van der Waals surface area contributed by atoms with Gasteiger partial charge in [-0.3, -0.25) is 37.3 Å². The van der Waals surface area contributed by atoms with Crippen LogP contribution in [0.3, 0.4) is 0 Å². The number of phosphoric ester groups is 2. The fourth-order valence-corrected chi connectivity index (χ4v) is 13.7. The Kier molecular flexibility index (Phi) is 68.1. The van der Waals surface area contributed by atoms with E-state index < -0.39 is 97.5 Å². The summed E-state index contributed by atoms with van der Waals surface area (Å²) < 4.78 is 68.6. The first-order valence-corrected chi connectivity index (χ1v) is 43.9. The van der Waals surface area contributed by atoms with E-state index in [4.69, 9.17) is 37.0 Å². The number of hydrogen-bond donors (Lipinski definition) is 3. The van der Waals surface area contributed by atoms with Crippen LogP contribution in [0, 0.1) is 17.8 Å². The SMILES string of the molecule is CCCCCCCCCCCCCCC(=O)O[C@H](COC(=O)CCCCCCCCC(C)CC)COP(=O)(O)OC[C@H](O)COP(=O)(O)OC[C@@H](COC(=O)CCCCCCCCCCCCCCCCCC(C)C)OC(=O)CCCCCCCCCCCCCCCCCC(C)C. The number of rotatable bonds is 77. The summed E-state index contributed by atoms with van der Waals surface area (Å²) in [5, 5.41) is 10.6. The highest BCUT2D eigenvalue weighted by Crippen LogP contribution is 2.45. The monoisotopic (exact) mass is 1440 g/mol. The number of esters is 4. The molecule has 0 aromatic carbocycles. The maximum atomic E-state index is 13.1. The van der Waals surface area contributed by atoms with Crippen LogP contribution >= 0.6 is 15.6 Å². The van der Waals surface area contributed by atoms with E-state index in [9.17, 15) is 43.2 Å². The smallest absolute Gasteiger partial charge is 0.462 e. The number of aliphatic hydroxyl groups is 1. The third-order valence-electron chi connectivity index (χ3n) is 18.7. The molecule has 0 saturated carbocycles. The molecule has 0 aromatic rings. The van der Waals surface area contributed by atoms with Crippen molar-refractivity contribution >= 4 is 39.5 Å². The van der Waals surface area contributed by atoms with Crippen molar-refractivity contribution in [2.75, 3.05) is 39.6 Å². The van der Waals surface area contributed by atoms with Gasteiger partial charge in [0.05, 0.1) is 26.4 Å². The molecule has 0 amide bonds. The number of ether oxygens (including phenoxy) is 4. The molecule has 0 heterocycles. The van der Waals surface area contributed by atoms with Gasteiger partial charge in [0.1, 0.15) is 19.3 Å². The number of unbranched alkanes of at least 4 members (excludes halogenated alkanes) is 44. The lowest BCUT2D eigenvalue weighted by Crippen LogP contribution is -2.30. The Balaban J connectivity index is 5.24. The van der Waals surface area contributed by atoms with Gasteiger partial charge >= 0.3 is 39.5 Å². The number of hydrogen-bond acceptors (Lipinski definition) is 15. The van der Waals surface area contributed by atoms with Gasteiger partial charge in [-0.2, -0.15) is 0 Å². The second-order valence-corrected chi connectivity index (χ2v) is 32.6. The molecule has 582 valence electrons. The summed E-state index contributed by atoms with van der Waals surface area (Å²) in [7, 11) is -9.92. The first-order valence-electron chi connectivity index (χ1n) is 40.9. The Labute approximate surface area is 600 Å². The molecule has 0 aliphatic heterocycles. The van der Waals surface area contributed by atoms with E-state index in [0.29, 0.717) is 25.7 Å². The first kappa shape index (κ1) is 96.1. The maximum Gasteiger partial charge on any atom is 0.472 e. The van der Waals surface area contributed by atoms with Crippen LogP contribution in [0.1, 0.15) is 408 Å². The molecule has 0 bridgehead atoms. The Bertz CT molecular complexity index is 1910. The average Bonchev–Trinajstić information content (AvgIpc) is 1.01. The van der Waals surface area contributed by atoms with Gasteiger partial charge in [-0.15, -0.1) is 0 Å². The molecule has 0 aliphatic carbocycles. The second kappa shape index (κ2) is 69.4. The van der Waals surface area contributed by atoms with Crippen molar-refractivity contribution in [1.82, 2.24) is 0 Å². The Hall–Kier alpha value is -1.94. The van der Waals surface area contributed by atoms with Crippen molar-refractivity contribution in [3.05, 3.63) is 0 Å². The van der Waals surface area contributed by atoms with Gasteiger partial charge in [0.2, 0.25) is 0 Å². The summed E-state index contributed by atoms with van der Waals surface area (Å²) in [6, 6.07) is 0. The predicted molar refractivity (Wildman–Crippen MR) is 400 cm³/mol. The highest BCUT2D eigenvalue weighted by molar-refractivity contribution is 7.47. The lowest BCUT2D eigenvalue weighted by molar-refractivity contribution is -0.161. The van der Waals surface area contributed by atoms with E-state index in [1.54, 1.807) is 0 Å². The van der Waals surface area contributed by atoms with Gasteiger partial charge in [0, 0.05) is 25.7 Å². The number of phosphoric acid groups is 2. The molecule has 17 nitrogen and oxygen atoms in total. The molecule has 0 spiro atoms. The van der Waals surface area contributed by atoms with Crippen LogP contribution < -0.4 is 0 Å². The summed E-state index contributed by atoms with van der Waals surface area (Å²) >= 11 is 0. The van der Waals surface area contributed by atoms with Crippen molar-refractivity contribution < 1.29 is 80.2 Å². The zero-order chi connectivity index (χ0) is 72.3. The van der Waals surface area contributed by atoms with E-state index in [1.807, 2.05) is 0 Å². The Morgan fingerprint density at radius 1 is 0.296 bits per heavy atom. The number of carbonyl (C=O) groups excluding carboxylic acids is 4.